The number of rotatable bonds is 2. The maximum Gasteiger partial charge on any atom is 0.217 e. The van der Waals surface area contributed by atoms with Gasteiger partial charge in [-0.15, -0.1) is 12.4 Å². The van der Waals surface area contributed by atoms with Crippen LogP contribution in [0.1, 0.15) is 12.8 Å². The highest BCUT2D eigenvalue weighted by atomic mass is 35.5. The van der Waals surface area contributed by atoms with Gasteiger partial charge in [0.1, 0.15) is 0 Å². The smallest absolute Gasteiger partial charge is 0.217 e. The minimum absolute atomic E-state index is 0. The number of hydrogen-bond acceptors (Lipinski definition) is 3. The zero-order valence-corrected chi connectivity index (χ0v) is 9.03. The average Bonchev–Trinajstić information content (AvgIpc) is 2.88. The van der Waals surface area contributed by atoms with Gasteiger partial charge in [-0.3, -0.25) is 0 Å². The number of hydrogen-bond donors (Lipinski definition) is 1. The van der Waals surface area contributed by atoms with E-state index in [4.69, 9.17) is 0 Å². The summed E-state index contributed by atoms with van der Waals surface area (Å²) in [6, 6.07) is 0. The van der Waals surface area contributed by atoms with Gasteiger partial charge in [-0.1, -0.05) is 0 Å². The van der Waals surface area contributed by atoms with E-state index in [0.717, 1.165) is 25.9 Å². The standard InChI is InChI=1S/C7H14N2O2S.ClH/c10-12(11,7-1-2-7)9-5-3-8-4-6-9;/h7-8H,1-6H2;1H. The van der Waals surface area contributed by atoms with E-state index in [-0.39, 0.29) is 17.7 Å². The van der Waals surface area contributed by atoms with E-state index in [1.54, 1.807) is 4.31 Å². The van der Waals surface area contributed by atoms with Crippen LogP contribution in [0.4, 0.5) is 0 Å². The molecular weight excluding hydrogens is 212 g/mol. The molecule has 0 aromatic heterocycles. The van der Waals surface area contributed by atoms with Gasteiger partial charge in [0.15, 0.2) is 0 Å². The summed E-state index contributed by atoms with van der Waals surface area (Å²) in [4.78, 5) is 0. The molecule has 13 heavy (non-hydrogen) atoms. The average molecular weight is 227 g/mol. The lowest BCUT2D eigenvalue weighted by Gasteiger charge is -2.26. The Balaban J connectivity index is 0.000000845. The van der Waals surface area contributed by atoms with Crippen LogP contribution in [0.2, 0.25) is 0 Å². The third-order valence-corrected chi connectivity index (χ3v) is 4.78. The van der Waals surface area contributed by atoms with Crippen LogP contribution in [0, 0.1) is 0 Å². The molecule has 1 saturated heterocycles. The molecule has 0 aromatic carbocycles. The molecule has 0 radical (unpaired) electrons. The van der Waals surface area contributed by atoms with Crippen molar-refractivity contribution in [1.29, 1.82) is 0 Å². The Morgan fingerprint density at radius 3 is 2.15 bits per heavy atom. The van der Waals surface area contributed by atoms with E-state index < -0.39 is 10.0 Å². The van der Waals surface area contributed by atoms with E-state index in [1.807, 2.05) is 0 Å². The molecule has 2 aliphatic rings. The van der Waals surface area contributed by atoms with Crippen LogP contribution in [-0.4, -0.2) is 44.2 Å². The molecule has 0 bridgehead atoms. The second-order valence-corrected chi connectivity index (χ2v) is 5.61. The van der Waals surface area contributed by atoms with Crippen molar-refractivity contribution in [2.45, 2.75) is 18.1 Å². The highest BCUT2D eigenvalue weighted by Crippen LogP contribution is 2.30. The van der Waals surface area contributed by atoms with E-state index in [0.29, 0.717) is 13.1 Å². The Morgan fingerprint density at radius 1 is 1.15 bits per heavy atom. The third kappa shape index (κ3) is 2.34. The van der Waals surface area contributed by atoms with Crippen molar-refractivity contribution in [2.75, 3.05) is 26.2 Å². The molecule has 1 aliphatic carbocycles. The quantitative estimate of drug-likeness (QED) is 0.710. The normalized spacial score (nSPS) is 25.2. The summed E-state index contributed by atoms with van der Waals surface area (Å²) >= 11 is 0. The molecule has 0 atom stereocenters. The minimum Gasteiger partial charge on any atom is -0.314 e. The lowest BCUT2D eigenvalue weighted by Crippen LogP contribution is -2.47. The van der Waals surface area contributed by atoms with Crippen molar-refractivity contribution in [2.24, 2.45) is 0 Å². The summed E-state index contributed by atoms with van der Waals surface area (Å²) in [5.74, 6) is 0. The van der Waals surface area contributed by atoms with Crippen LogP contribution in [0.25, 0.3) is 0 Å². The van der Waals surface area contributed by atoms with Crippen LogP contribution < -0.4 is 5.32 Å². The fraction of sp³-hybridized carbons (Fsp3) is 1.00. The first-order chi connectivity index (χ1) is 5.71. The molecule has 78 valence electrons. The van der Waals surface area contributed by atoms with Gasteiger partial charge in [0.05, 0.1) is 5.25 Å². The molecule has 2 fully saturated rings. The molecule has 0 amide bonds. The van der Waals surface area contributed by atoms with Crippen LogP contribution in [-0.2, 0) is 10.0 Å². The summed E-state index contributed by atoms with van der Waals surface area (Å²) in [6.07, 6.45) is 1.73. The van der Waals surface area contributed by atoms with E-state index >= 15 is 0 Å². The fourth-order valence-corrected chi connectivity index (χ4v) is 3.32. The van der Waals surface area contributed by atoms with Crippen molar-refractivity contribution < 1.29 is 8.42 Å². The Morgan fingerprint density at radius 2 is 1.69 bits per heavy atom. The molecule has 1 N–H and O–H groups in total. The van der Waals surface area contributed by atoms with Crippen molar-refractivity contribution in [3.63, 3.8) is 0 Å². The van der Waals surface area contributed by atoms with Crippen molar-refractivity contribution in [3.8, 4) is 0 Å². The SMILES string of the molecule is Cl.O=S(=O)(C1CC1)N1CCNCC1. The Labute approximate surface area is 85.1 Å². The summed E-state index contributed by atoms with van der Waals surface area (Å²) in [5, 5.41) is 3.09. The molecule has 1 aliphatic heterocycles. The van der Waals surface area contributed by atoms with E-state index in [2.05, 4.69) is 5.32 Å². The van der Waals surface area contributed by atoms with Gasteiger partial charge in [0.2, 0.25) is 10.0 Å². The number of sulfonamides is 1. The van der Waals surface area contributed by atoms with Crippen LogP contribution >= 0.6 is 12.4 Å². The first kappa shape index (κ1) is 11.2. The lowest BCUT2D eigenvalue weighted by molar-refractivity contribution is 0.359. The Hall–Kier alpha value is 0.160. The van der Waals surface area contributed by atoms with Gasteiger partial charge in [-0.25, -0.2) is 8.42 Å². The minimum atomic E-state index is -2.90. The summed E-state index contributed by atoms with van der Waals surface area (Å²) in [7, 11) is -2.90. The molecule has 0 aromatic rings. The number of halogens is 1. The molecule has 4 nitrogen and oxygen atoms in total. The lowest BCUT2D eigenvalue weighted by atomic mass is 10.4. The zero-order valence-electron chi connectivity index (χ0n) is 7.40. The third-order valence-electron chi connectivity index (χ3n) is 2.38. The van der Waals surface area contributed by atoms with Crippen LogP contribution in [0.3, 0.4) is 0 Å². The van der Waals surface area contributed by atoms with Crippen molar-refractivity contribution in [1.82, 2.24) is 9.62 Å². The van der Waals surface area contributed by atoms with Crippen LogP contribution in [0.5, 0.6) is 0 Å². The predicted molar refractivity (Wildman–Crippen MR) is 53.6 cm³/mol. The number of nitrogens with one attached hydrogen (secondary N) is 1. The molecule has 6 heteroatoms. The van der Waals surface area contributed by atoms with Gasteiger partial charge >= 0.3 is 0 Å². The maximum absolute atomic E-state index is 11.6. The summed E-state index contributed by atoms with van der Waals surface area (Å²) in [5.41, 5.74) is 0. The largest absolute Gasteiger partial charge is 0.314 e. The van der Waals surface area contributed by atoms with Crippen LogP contribution in [0.15, 0.2) is 0 Å². The summed E-state index contributed by atoms with van der Waals surface area (Å²) in [6.45, 7) is 2.90. The first-order valence-corrected chi connectivity index (χ1v) is 5.91. The molecule has 1 saturated carbocycles. The van der Waals surface area contributed by atoms with E-state index in [1.165, 1.54) is 0 Å². The zero-order chi connectivity index (χ0) is 8.60. The number of nitrogens with zero attached hydrogens (tertiary/aromatic N) is 1. The second-order valence-electron chi connectivity index (χ2n) is 3.39. The topological polar surface area (TPSA) is 49.4 Å². The van der Waals surface area contributed by atoms with Crippen molar-refractivity contribution >= 4 is 22.4 Å². The van der Waals surface area contributed by atoms with E-state index in [9.17, 15) is 8.42 Å². The fourth-order valence-electron chi connectivity index (χ4n) is 1.48. The monoisotopic (exact) mass is 226 g/mol. The predicted octanol–water partition coefficient (Wildman–Crippen LogP) is -0.194. The molecule has 2 rings (SSSR count). The highest BCUT2D eigenvalue weighted by Gasteiger charge is 2.40. The van der Waals surface area contributed by atoms with Gasteiger partial charge in [-0.2, -0.15) is 4.31 Å². The Kier molecular flexibility index (Phi) is 3.57. The maximum atomic E-state index is 11.6. The molecule has 0 spiro atoms. The second kappa shape index (κ2) is 4.13. The van der Waals surface area contributed by atoms with Crippen molar-refractivity contribution in [3.05, 3.63) is 0 Å². The van der Waals surface area contributed by atoms with Gasteiger partial charge in [0, 0.05) is 26.2 Å². The Bertz CT molecular complexity index is 258. The van der Waals surface area contributed by atoms with Gasteiger partial charge in [0.25, 0.3) is 0 Å². The first-order valence-electron chi connectivity index (χ1n) is 4.41. The molecule has 1 heterocycles. The molecule has 0 unspecified atom stereocenters. The summed E-state index contributed by atoms with van der Waals surface area (Å²) < 4.78 is 24.9. The van der Waals surface area contributed by atoms with Gasteiger partial charge < -0.3 is 5.32 Å². The highest BCUT2D eigenvalue weighted by molar-refractivity contribution is 7.90. The van der Waals surface area contributed by atoms with Gasteiger partial charge in [-0.05, 0) is 12.8 Å². The molecular formula is C7H15ClN2O2S. The number of piperazine rings is 1.